The maximum atomic E-state index is 12.7. The number of aromatic nitrogens is 1. The largest absolute Gasteiger partial charge is 0.375 e. The van der Waals surface area contributed by atoms with Gasteiger partial charge < -0.3 is 15.0 Å². The zero-order chi connectivity index (χ0) is 20.1. The Bertz CT molecular complexity index is 894. The van der Waals surface area contributed by atoms with Gasteiger partial charge in [0.2, 0.25) is 0 Å². The monoisotopic (exact) mass is 395 g/mol. The van der Waals surface area contributed by atoms with Crippen LogP contribution in [0.15, 0.2) is 41.2 Å². The van der Waals surface area contributed by atoms with Crippen molar-refractivity contribution in [3.8, 4) is 0 Å². The third kappa shape index (κ3) is 5.14. The highest BCUT2D eigenvalue weighted by molar-refractivity contribution is 5.94. The van der Waals surface area contributed by atoms with E-state index < -0.39 is 0 Å². The number of fused-ring (bicyclic) bond motifs is 1. The van der Waals surface area contributed by atoms with Crippen LogP contribution >= 0.6 is 0 Å². The number of aromatic amines is 1. The van der Waals surface area contributed by atoms with Crippen molar-refractivity contribution < 1.29 is 9.53 Å². The molecule has 154 valence electrons. The fraction of sp³-hybridized carbons (Fsp3) is 0.478. The second-order valence-corrected chi connectivity index (χ2v) is 8.00. The lowest BCUT2D eigenvalue weighted by Gasteiger charge is -2.24. The first-order valence-electron chi connectivity index (χ1n) is 10.6. The number of nitrogens with one attached hydrogen (secondary N) is 2. The Labute approximate surface area is 171 Å². The third-order valence-electron chi connectivity index (χ3n) is 5.76. The molecule has 0 saturated carbocycles. The molecule has 2 heterocycles. The summed E-state index contributed by atoms with van der Waals surface area (Å²) in [5.41, 5.74) is 3.27. The van der Waals surface area contributed by atoms with Crippen LogP contribution in [0, 0.1) is 0 Å². The van der Waals surface area contributed by atoms with Gasteiger partial charge in [0, 0.05) is 38.5 Å². The molecule has 6 nitrogen and oxygen atoms in total. The van der Waals surface area contributed by atoms with Gasteiger partial charge in [-0.25, -0.2) is 0 Å². The van der Waals surface area contributed by atoms with Gasteiger partial charge in [-0.1, -0.05) is 30.3 Å². The van der Waals surface area contributed by atoms with Gasteiger partial charge in [0.1, 0.15) is 5.56 Å². The van der Waals surface area contributed by atoms with Crippen LogP contribution in [-0.2, 0) is 24.1 Å². The molecule has 4 rings (SSSR count). The fourth-order valence-electron chi connectivity index (χ4n) is 4.22. The Morgan fingerprint density at radius 2 is 2.00 bits per heavy atom. The topological polar surface area (TPSA) is 74.4 Å². The fourth-order valence-corrected chi connectivity index (χ4v) is 4.22. The number of carbonyl (C=O) groups excluding carboxylic acids is 1. The minimum Gasteiger partial charge on any atom is -0.375 e. The summed E-state index contributed by atoms with van der Waals surface area (Å²) in [6, 6.07) is 12.2. The first kappa shape index (κ1) is 19.9. The highest BCUT2D eigenvalue weighted by Crippen LogP contribution is 2.18. The molecule has 0 radical (unpaired) electrons. The van der Waals surface area contributed by atoms with Gasteiger partial charge in [-0.05, 0) is 49.3 Å². The standard InChI is InChI=1S/C23H29N3O3/c27-22(20-13-18-9-4-5-10-21(18)25-23(20)28)24-14-19-16-26(11-6-12-29-19)15-17-7-2-1-3-8-17/h1-3,7-8,13,19H,4-6,9-12,14-16H2,(H,24,27)(H,25,28). The van der Waals surface area contributed by atoms with Gasteiger partial charge in [-0.2, -0.15) is 0 Å². The van der Waals surface area contributed by atoms with E-state index in [-0.39, 0.29) is 23.1 Å². The maximum absolute atomic E-state index is 12.7. The summed E-state index contributed by atoms with van der Waals surface area (Å²) >= 11 is 0. The molecule has 6 heteroatoms. The molecule has 1 aliphatic heterocycles. The average Bonchev–Trinajstić information content (AvgIpc) is 2.97. The molecular formula is C23H29N3O3. The molecule has 2 aromatic rings. The van der Waals surface area contributed by atoms with E-state index in [9.17, 15) is 9.59 Å². The molecule has 2 aliphatic rings. The minimum atomic E-state index is -0.318. The number of H-pyrrole nitrogens is 1. The first-order valence-corrected chi connectivity index (χ1v) is 10.6. The number of benzene rings is 1. The normalized spacial score (nSPS) is 19.9. The number of nitrogens with zero attached hydrogens (tertiary/aromatic N) is 1. The van der Waals surface area contributed by atoms with Gasteiger partial charge in [-0.15, -0.1) is 0 Å². The maximum Gasteiger partial charge on any atom is 0.261 e. The Morgan fingerprint density at radius 3 is 2.86 bits per heavy atom. The lowest BCUT2D eigenvalue weighted by Crippen LogP contribution is -2.41. The summed E-state index contributed by atoms with van der Waals surface area (Å²) in [6.07, 6.45) is 4.90. The molecular weight excluding hydrogens is 366 g/mol. The van der Waals surface area contributed by atoms with Gasteiger partial charge in [0.05, 0.1) is 6.10 Å². The summed E-state index contributed by atoms with van der Waals surface area (Å²) in [6.45, 7) is 3.70. The number of hydrogen-bond donors (Lipinski definition) is 2. The number of ether oxygens (including phenoxy) is 1. The quantitative estimate of drug-likeness (QED) is 0.815. The molecule has 1 atom stereocenters. The number of rotatable bonds is 5. The van der Waals surface area contributed by atoms with Crippen molar-refractivity contribution in [2.24, 2.45) is 0 Å². The van der Waals surface area contributed by atoms with Crippen molar-refractivity contribution in [2.75, 3.05) is 26.2 Å². The molecule has 1 aliphatic carbocycles. The second-order valence-electron chi connectivity index (χ2n) is 8.00. The van der Waals surface area contributed by atoms with Crippen molar-refractivity contribution in [3.05, 3.63) is 69.1 Å². The SMILES string of the molecule is O=C(NCC1CN(Cc2ccccc2)CCCO1)c1cc2c([nH]c1=O)CCCC2. The van der Waals surface area contributed by atoms with Crippen molar-refractivity contribution in [1.82, 2.24) is 15.2 Å². The smallest absolute Gasteiger partial charge is 0.261 e. The number of hydrogen-bond acceptors (Lipinski definition) is 4. The molecule has 1 unspecified atom stereocenters. The van der Waals surface area contributed by atoms with E-state index in [1.807, 2.05) is 6.07 Å². The zero-order valence-corrected chi connectivity index (χ0v) is 16.8. The average molecular weight is 396 g/mol. The summed E-state index contributed by atoms with van der Waals surface area (Å²) < 4.78 is 5.94. The first-order chi connectivity index (χ1) is 14.2. The van der Waals surface area contributed by atoms with Crippen LogP contribution in [0.2, 0.25) is 0 Å². The van der Waals surface area contributed by atoms with Gasteiger partial charge >= 0.3 is 0 Å². The van der Waals surface area contributed by atoms with E-state index in [1.165, 1.54) is 5.56 Å². The van der Waals surface area contributed by atoms with E-state index in [0.29, 0.717) is 13.2 Å². The highest BCUT2D eigenvalue weighted by atomic mass is 16.5. The van der Waals surface area contributed by atoms with E-state index in [1.54, 1.807) is 6.07 Å². The van der Waals surface area contributed by atoms with Crippen molar-refractivity contribution >= 4 is 5.91 Å². The van der Waals surface area contributed by atoms with E-state index in [0.717, 1.165) is 63.0 Å². The molecule has 1 aromatic heterocycles. The van der Waals surface area contributed by atoms with Crippen LogP contribution in [-0.4, -0.2) is 48.1 Å². The highest BCUT2D eigenvalue weighted by Gasteiger charge is 2.21. The molecule has 1 saturated heterocycles. The predicted octanol–water partition coefficient (Wildman–Crippen LogP) is 2.27. The lowest BCUT2D eigenvalue weighted by molar-refractivity contribution is 0.0510. The Morgan fingerprint density at radius 1 is 1.17 bits per heavy atom. The predicted molar refractivity (Wildman–Crippen MR) is 112 cm³/mol. The molecule has 1 fully saturated rings. The van der Waals surface area contributed by atoms with Crippen molar-refractivity contribution in [3.63, 3.8) is 0 Å². The van der Waals surface area contributed by atoms with Crippen LogP contribution in [0.4, 0.5) is 0 Å². The van der Waals surface area contributed by atoms with Crippen LogP contribution < -0.4 is 10.9 Å². The molecule has 2 N–H and O–H groups in total. The van der Waals surface area contributed by atoms with Crippen LogP contribution in [0.25, 0.3) is 0 Å². The number of aryl methyl sites for hydroxylation is 2. The van der Waals surface area contributed by atoms with E-state index in [4.69, 9.17) is 4.74 Å². The van der Waals surface area contributed by atoms with Crippen LogP contribution in [0.3, 0.4) is 0 Å². The van der Waals surface area contributed by atoms with Gasteiger partial charge in [-0.3, -0.25) is 14.5 Å². The Kier molecular flexibility index (Phi) is 6.42. The number of amides is 1. The zero-order valence-electron chi connectivity index (χ0n) is 16.8. The molecule has 0 bridgehead atoms. The molecule has 0 spiro atoms. The number of pyridine rings is 1. The van der Waals surface area contributed by atoms with Crippen LogP contribution in [0.5, 0.6) is 0 Å². The molecule has 1 aromatic carbocycles. The summed E-state index contributed by atoms with van der Waals surface area (Å²) in [5.74, 6) is -0.318. The van der Waals surface area contributed by atoms with Gasteiger partial charge in [0.15, 0.2) is 0 Å². The third-order valence-corrected chi connectivity index (χ3v) is 5.76. The Balaban J connectivity index is 1.36. The lowest BCUT2D eigenvalue weighted by atomic mass is 9.95. The Hall–Kier alpha value is -2.44. The molecule has 1 amide bonds. The second kappa shape index (κ2) is 9.37. The van der Waals surface area contributed by atoms with Crippen molar-refractivity contribution in [2.45, 2.75) is 44.8 Å². The van der Waals surface area contributed by atoms with E-state index >= 15 is 0 Å². The van der Waals surface area contributed by atoms with E-state index in [2.05, 4.69) is 39.5 Å². The summed E-state index contributed by atoms with van der Waals surface area (Å²) in [7, 11) is 0. The summed E-state index contributed by atoms with van der Waals surface area (Å²) in [5, 5.41) is 2.92. The molecule has 29 heavy (non-hydrogen) atoms. The minimum absolute atomic E-state index is 0.0816. The van der Waals surface area contributed by atoms with Gasteiger partial charge in [0.25, 0.3) is 11.5 Å². The van der Waals surface area contributed by atoms with Crippen molar-refractivity contribution in [1.29, 1.82) is 0 Å². The number of carbonyl (C=O) groups is 1. The van der Waals surface area contributed by atoms with Crippen LogP contribution in [0.1, 0.15) is 46.4 Å². The summed E-state index contributed by atoms with van der Waals surface area (Å²) in [4.78, 5) is 30.3.